The second-order valence-electron chi connectivity index (χ2n) is 3.65. The van der Waals surface area contributed by atoms with Crippen LogP contribution in [0.4, 0.5) is 0 Å². The van der Waals surface area contributed by atoms with Crippen LogP contribution in [-0.4, -0.2) is 45.3 Å². The van der Waals surface area contributed by atoms with Gasteiger partial charge in [-0.1, -0.05) is 0 Å². The maximum atomic E-state index is 6.20. The first-order chi connectivity index (χ1) is 7.06. The summed E-state index contributed by atoms with van der Waals surface area (Å²) >= 11 is 30.3. The van der Waals surface area contributed by atoms with Gasteiger partial charge in [0.25, 0.3) is 0 Å². The molecule has 1 N–H and O–H groups in total. The van der Waals surface area contributed by atoms with E-state index in [0.717, 1.165) is 0 Å². The Balaban J connectivity index is 2.22. The number of nitrogens with one attached hydrogen (secondary N) is 1. The van der Waals surface area contributed by atoms with E-state index in [9.17, 15) is 0 Å². The molecule has 0 saturated heterocycles. The molecule has 2 rings (SSSR count). The van der Waals surface area contributed by atoms with Crippen molar-refractivity contribution < 1.29 is 0 Å². The zero-order chi connectivity index (χ0) is 11.2. The Labute approximate surface area is 113 Å². The number of halogens is 5. The van der Waals surface area contributed by atoms with Gasteiger partial charge in [0.1, 0.15) is 5.84 Å². The number of alkyl halides is 5. The zero-order valence-corrected chi connectivity index (χ0v) is 11.3. The molecule has 1 aliphatic heterocycles. The van der Waals surface area contributed by atoms with Gasteiger partial charge in [0.05, 0.1) is 39.5 Å². The minimum absolute atomic E-state index is 0.0691. The monoisotopic (exact) mass is 308 g/mol. The van der Waals surface area contributed by atoms with E-state index < -0.39 is 0 Å². The van der Waals surface area contributed by atoms with Gasteiger partial charge in [-0.15, -0.1) is 58.0 Å². The van der Waals surface area contributed by atoms with E-state index in [1.54, 1.807) is 0 Å². The normalized spacial score (nSPS) is 49.5. The SMILES string of the molecule is ClCC1=N[C@@H]2[C@@H](Cl)[C@@H](Cl)[C@@H](Cl)[C@@H](Cl)[C@@H]2N1. The van der Waals surface area contributed by atoms with Crippen LogP contribution in [-0.2, 0) is 0 Å². The van der Waals surface area contributed by atoms with Crippen LogP contribution in [0.15, 0.2) is 4.99 Å². The summed E-state index contributed by atoms with van der Waals surface area (Å²) < 4.78 is 0. The number of aliphatic imine (C=N–C) groups is 1. The Bertz CT molecular complexity index is 284. The summed E-state index contributed by atoms with van der Waals surface area (Å²) in [5.41, 5.74) is 0. The van der Waals surface area contributed by atoms with Crippen LogP contribution in [0.5, 0.6) is 0 Å². The van der Waals surface area contributed by atoms with E-state index in [4.69, 9.17) is 58.0 Å². The van der Waals surface area contributed by atoms with Crippen LogP contribution in [0, 0.1) is 0 Å². The zero-order valence-electron chi connectivity index (χ0n) is 7.51. The van der Waals surface area contributed by atoms with Crippen molar-refractivity contribution in [3.8, 4) is 0 Å². The quantitative estimate of drug-likeness (QED) is 0.739. The Morgan fingerprint density at radius 1 is 1.00 bits per heavy atom. The van der Waals surface area contributed by atoms with Crippen LogP contribution < -0.4 is 5.32 Å². The maximum Gasteiger partial charge on any atom is 0.112 e. The van der Waals surface area contributed by atoms with E-state index in [1.165, 1.54) is 0 Å². The van der Waals surface area contributed by atoms with Gasteiger partial charge in [-0.3, -0.25) is 4.99 Å². The van der Waals surface area contributed by atoms with Gasteiger partial charge in [0.2, 0.25) is 0 Å². The standard InChI is InChI=1S/C8H9Cl5N2/c9-1-2-14-7-5(12)3(10)4(11)6(13)8(7)15-2/h3-8H,1H2,(H,14,15)/t3-,4+,5-,6+,7+,8-. The molecule has 0 aromatic carbocycles. The van der Waals surface area contributed by atoms with E-state index in [-0.39, 0.29) is 33.6 Å². The summed E-state index contributed by atoms with van der Waals surface area (Å²) in [5, 5.41) is 1.78. The molecule has 2 nitrogen and oxygen atoms in total. The first-order valence-electron chi connectivity index (χ1n) is 4.51. The predicted octanol–water partition coefficient (Wildman–Crippen LogP) is 2.41. The molecule has 0 bridgehead atoms. The van der Waals surface area contributed by atoms with Gasteiger partial charge in [-0.2, -0.15) is 0 Å². The summed E-state index contributed by atoms with van der Waals surface area (Å²) in [7, 11) is 0. The molecule has 0 aromatic heterocycles. The molecule has 0 spiro atoms. The molecule has 2 aliphatic rings. The lowest BCUT2D eigenvalue weighted by Gasteiger charge is -2.38. The van der Waals surface area contributed by atoms with Crippen LogP contribution in [0.3, 0.4) is 0 Å². The number of amidine groups is 1. The highest BCUT2D eigenvalue weighted by Crippen LogP contribution is 2.38. The fraction of sp³-hybridized carbons (Fsp3) is 0.875. The smallest absolute Gasteiger partial charge is 0.112 e. The molecule has 1 saturated carbocycles. The highest BCUT2D eigenvalue weighted by molar-refractivity contribution is 6.39. The lowest BCUT2D eigenvalue weighted by atomic mass is 9.90. The van der Waals surface area contributed by atoms with E-state index in [2.05, 4.69) is 10.3 Å². The Morgan fingerprint density at radius 3 is 2.20 bits per heavy atom. The molecule has 1 fully saturated rings. The molecular formula is C8H9Cl5N2. The summed E-state index contributed by atoms with van der Waals surface area (Å²) in [6.07, 6.45) is 0. The van der Waals surface area contributed by atoms with Crippen molar-refractivity contribution in [2.24, 2.45) is 4.99 Å². The number of hydrogen-bond acceptors (Lipinski definition) is 2. The summed E-state index contributed by atoms with van der Waals surface area (Å²) in [4.78, 5) is 4.36. The summed E-state index contributed by atoms with van der Waals surface area (Å²) in [6.45, 7) is 0. The number of nitrogens with zero attached hydrogens (tertiary/aromatic N) is 1. The lowest BCUT2D eigenvalue weighted by molar-refractivity contribution is 0.405. The van der Waals surface area contributed by atoms with E-state index in [0.29, 0.717) is 11.7 Å². The molecular weight excluding hydrogens is 301 g/mol. The van der Waals surface area contributed by atoms with Crippen LogP contribution >= 0.6 is 58.0 Å². The second-order valence-corrected chi connectivity index (χ2v) is 5.93. The first kappa shape index (κ1) is 12.4. The van der Waals surface area contributed by atoms with Gasteiger partial charge >= 0.3 is 0 Å². The highest BCUT2D eigenvalue weighted by atomic mass is 35.5. The Kier molecular flexibility index (Phi) is 3.84. The van der Waals surface area contributed by atoms with Crippen molar-refractivity contribution in [2.45, 2.75) is 33.6 Å². The lowest BCUT2D eigenvalue weighted by Crippen LogP contribution is -2.58. The van der Waals surface area contributed by atoms with Crippen molar-refractivity contribution in [1.29, 1.82) is 0 Å². The molecule has 0 amide bonds. The van der Waals surface area contributed by atoms with Crippen molar-refractivity contribution in [1.82, 2.24) is 5.32 Å². The summed E-state index contributed by atoms with van der Waals surface area (Å²) in [5.74, 6) is 1.03. The fourth-order valence-corrected chi connectivity index (χ4v) is 3.58. The van der Waals surface area contributed by atoms with Gasteiger partial charge < -0.3 is 5.32 Å². The van der Waals surface area contributed by atoms with Crippen LogP contribution in [0.1, 0.15) is 0 Å². The third kappa shape index (κ3) is 2.04. The first-order valence-corrected chi connectivity index (χ1v) is 6.79. The highest BCUT2D eigenvalue weighted by Gasteiger charge is 2.50. The molecule has 86 valence electrons. The van der Waals surface area contributed by atoms with E-state index >= 15 is 0 Å². The molecule has 15 heavy (non-hydrogen) atoms. The minimum Gasteiger partial charge on any atom is -0.366 e. The average molecular weight is 310 g/mol. The topological polar surface area (TPSA) is 24.4 Å². The summed E-state index contributed by atoms with van der Waals surface area (Å²) in [6, 6.07) is -0.208. The maximum absolute atomic E-state index is 6.20. The van der Waals surface area contributed by atoms with Crippen LogP contribution in [0.2, 0.25) is 0 Å². The molecule has 0 unspecified atom stereocenters. The van der Waals surface area contributed by atoms with E-state index in [1.807, 2.05) is 0 Å². The molecule has 1 aliphatic carbocycles. The van der Waals surface area contributed by atoms with Gasteiger partial charge in [-0.25, -0.2) is 0 Å². The third-order valence-corrected chi connectivity index (χ3v) is 5.51. The molecule has 6 atom stereocenters. The average Bonchev–Trinajstić information content (AvgIpc) is 2.67. The molecule has 0 aromatic rings. The van der Waals surface area contributed by atoms with Crippen molar-refractivity contribution >= 4 is 63.8 Å². The minimum atomic E-state index is -0.377. The fourth-order valence-electron chi connectivity index (χ4n) is 1.92. The second kappa shape index (κ2) is 4.66. The largest absolute Gasteiger partial charge is 0.366 e. The van der Waals surface area contributed by atoms with Gasteiger partial charge in [-0.05, 0) is 0 Å². The van der Waals surface area contributed by atoms with Crippen molar-refractivity contribution in [3.05, 3.63) is 0 Å². The Morgan fingerprint density at radius 2 is 1.60 bits per heavy atom. The van der Waals surface area contributed by atoms with Crippen molar-refractivity contribution in [2.75, 3.05) is 5.88 Å². The Hall–Kier alpha value is 0.920. The molecule has 0 radical (unpaired) electrons. The number of fused-ring (bicyclic) bond motifs is 1. The molecule has 1 heterocycles. The molecule has 7 heteroatoms. The van der Waals surface area contributed by atoms with Crippen LogP contribution in [0.25, 0.3) is 0 Å². The van der Waals surface area contributed by atoms with Gasteiger partial charge in [0, 0.05) is 0 Å². The number of rotatable bonds is 1. The van der Waals surface area contributed by atoms with Gasteiger partial charge in [0.15, 0.2) is 0 Å². The predicted molar refractivity (Wildman–Crippen MR) is 67.4 cm³/mol. The number of hydrogen-bond donors (Lipinski definition) is 1. The van der Waals surface area contributed by atoms with Crippen molar-refractivity contribution in [3.63, 3.8) is 0 Å². The third-order valence-electron chi connectivity index (χ3n) is 2.71.